The smallest absolute Gasteiger partial charge is 0.134 e. The number of rotatable bonds is 12. The Kier molecular flexibility index (Phi) is 7.41. The normalized spacial score (nSPS) is 13.9. The minimum Gasteiger partial charge on any atom is -0.490 e. The van der Waals surface area contributed by atoms with E-state index in [0.717, 1.165) is 41.2 Å². The first kappa shape index (κ1) is 22.6. The lowest BCUT2D eigenvalue weighted by Gasteiger charge is -2.17. The fourth-order valence-electron chi connectivity index (χ4n) is 3.37. The van der Waals surface area contributed by atoms with Crippen LogP contribution in [0.2, 0.25) is 0 Å². The Morgan fingerprint density at radius 2 is 2.06 bits per heavy atom. The van der Waals surface area contributed by atoms with Gasteiger partial charge in [-0.2, -0.15) is 0 Å². The molecule has 1 atom stereocenters. The molecule has 0 aliphatic heterocycles. The molecule has 1 unspecified atom stereocenters. The Labute approximate surface area is 193 Å². The minimum atomic E-state index is 0.189. The molecule has 9 nitrogen and oxygen atoms in total. The molecular formula is C24H29N7O2. The summed E-state index contributed by atoms with van der Waals surface area (Å²) in [7, 11) is 1.65. The fraction of sp³-hybridized carbons (Fsp3) is 0.375. The van der Waals surface area contributed by atoms with Crippen LogP contribution in [0.4, 0.5) is 11.6 Å². The van der Waals surface area contributed by atoms with Crippen molar-refractivity contribution in [1.29, 1.82) is 5.41 Å². The van der Waals surface area contributed by atoms with E-state index in [0.29, 0.717) is 37.2 Å². The molecule has 33 heavy (non-hydrogen) atoms. The van der Waals surface area contributed by atoms with E-state index in [9.17, 15) is 0 Å². The van der Waals surface area contributed by atoms with Crippen LogP contribution in [0.3, 0.4) is 0 Å². The van der Waals surface area contributed by atoms with Crippen molar-refractivity contribution in [2.75, 3.05) is 37.4 Å². The van der Waals surface area contributed by atoms with Crippen LogP contribution in [0.25, 0.3) is 11.3 Å². The predicted octanol–water partition coefficient (Wildman–Crippen LogP) is 3.75. The molecule has 0 radical (unpaired) electrons. The van der Waals surface area contributed by atoms with Crippen molar-refractivity contribution in [3.05, 3.63) is 54.2 Å². The summed E-state index contributed by atoms with van der Waals surface area (Å²) >= 11 is 0. The van der Waals surface area contributed by atoms with E-state index < -0.39 is 0 Å². The van der Waals surface area contributed by atoms with Crippen LogP contribution in [0.5, 0.6) is 5.75 Å². The van der Waals surface area contributed by atoms with Crippen LogP contribution in [0.15, 0.2) is 43.1 Å². The monoisotopic (exact) mass is 447 g/mol. The fourth-order valence-corrected chi connectivity index (χ4v) is 3.37. The van der Waals surface area contributed by atoms with Crippen molar-refractivity contribution in [2.24, 2.45) is 0 Å². The van der Waals surface area contributed by atoms with Gasteiger partial charge in [0.25, 0.3) is 0 Å². The molecule has 3 aromatic heterocycles. The van der Waals surface area contributed by atoms with Gasteiger partial charge in [-0.15, -0.1) is 0 Å². The topological polar surface area (TPSA) is 118 Å². The van der Waals surface area contributed by atoms with Gasteiger partial charge in [0, 0.05) is 73.7 Å². The molecule has 1 fully saturated rings. The summed E-state index contributed by atoms with van der Waals surface area (Å²) in [5.74, 6) is 2.47. The summed E-state index contributed by atoms with van der Waals surface area (Å²) in [4.78, 5) is 17.5. The van der Waals surface area contributed by atoms with Gasteiger partial charge in [-0.1, -0.05) is 6.92 Å². The number of methoxy groups -OCH3 is 1. The van der Waals surface area contributed by atoms with E-state index in [-0.39, 0.29) is 5.92 Å². The second-order valence-corrected chi connectivity index (χ2v) is 8.03. The maximum absolute atomic E-state index is 7.73. The van der Waals surface area contributed by atoms with Crippen LogP contribution in [0, 0.1) is 5.41 Å². The number of anilines is 2. The van der Waals surface area contributed by atoms with Crippen molar-refractivity contribution in [3.63, 3.8) is 0 Å². The number of aromatic nitrogens is 4. The van der Waals surface area contributed by atoms with Gasteiger partial charge in [0.1, 0.15) is 23.7 Å². The lowest BCUT2D eigenvalue weighted by molar-refractivity contribution is 0.210. The van der Waals surface area contributed by atoms with Gasteiger partial charge in [-0.25, -0.2) is 15.0 Å². The maximum Gasteiger partial charge on any atom is 0.134 e. The highest BCUT2D eigenvalue weighted by Crippen LogP contribution is 2.32. The van der Waals surface area contributed by atoms with E-state index in [1.54, 1.807) is 19.5 Å². The summed E-state index contributed by atoms with van der Waals surface area (Å²) in [6.07, 6.45) is 10.8. The van der Waals surface area contributed by atoms with E-state index in [1.165, 1.54) is 12.5 Å². The third kappa shape index (κ3) is 6.01. The van der Waals surface area contributed by atoms with Crippen molar-refractivity contribution in [3.8, 4) is 17.0 Å². The largest absolute Gasteiger partial charge is 0.490 e. The molecule has 172 valence electrons. The van der Waals surface area contributed by atoms with Crippen LogP contribution < -0.4 is 15.4 Å². The zero-order valence-corrected chi connectivity index (χ0v) is 18.9. The van der Waals surface area contributed by atoms with Gasteiger partial charge in [0.15, 0.2) is 0 Å². The Morgan fingerprint density at radius 1 is 1.18 bits per heavy atom. The number of pyridine rings is 2. The highest BCUT2D eigenvalue weighted by molar-refractivity contribution is 5.86. The average Bonchev–Trinajstić information content (AvgIpc) is 3.67. The summed E-state index contributed by atoms with van der Waals surface area (Å²) in [6, 6.07) is 5.72. The van der Waals surface area contributed by atoms with Crippen molar-refractivity contribution < 1.29 is 9.47 Å². The zero-order valence-electron chi connectivity index (χ0n) is 18.9. The molecule has 4 rings (SSSR count). The van der Waals surface area contributed by atoms with Gasteiger partial charge in [0.2, 0.25) is 0 Å². The van der Waals surface area contributed by atoms with Gasteiger partial charge >= 0.3 is 0 Å². The van der Waals surface area contributed by atoms with Crippen molar-refractivity contribution >= 4 is 17.9 Å². The molecule has 0 amide bonds. The third-order valence-corrected chi connectivity index (χ3v) is 5.38. The number of ether oxygens (including phenoxy) is 2. The number of nitrogens with zero attached hydrogens (tertiary/aromatic N) is 4. The standard InChI is InChI=1S/C24H29N7O2/c1-16(20-14-26-6-5-22(20)33-19-3-4-19)12-28-23-10-21(30-15-31-23)18-9-17(11-25)24(29-13-18)27-7-8-32-2/h5-6,9-11,13-16,19,25H,3-4,7-8,12H2,1-2H3,(H,27,29)(H,28,30,31). The molecule has 0 saturated heterocycles. The molecule has 1 aliphatic rings. The summed E-state index contributed by atoms with van der Waals surface area (Å²) in [6.45, 7) is 4.00. The first-order chi connectivity index (χ1) is 16.2. The summed E-state index contributed by atoms with van der Waals surface area (Å²) in [5.41, 5.74) is 3.32. The van der Waals surface area contributed by atoms with Gasteiger partial charge in [-0.3, -0.25) is 4.98 Å². The molecule has 9 heteroatoms. The van der Waals surface area contributed by atoms with E-state index in [4.69, 9.17) is 14.9 Å². The van der Waals surface area contributed by atoms with E-state index in [1.807, 2.05) is 24.4 Å². The van der Waals surface area contributed by atoms with Crippen LogP contribution >= 0.6 is 0 Å². The lowest BCUT2D eigenvalue weighted by atomic mass is 10.0. The molecule has 3 aromatic rings. The van der Waals surface area contributed by atoms with E-state index in [2.05, 4.69) is 37.5 Å². The Morgan fingerprint density at radius 3 is 2.85 bits per heavy atom. The summed E-state index contributed by atoms with van der Waals surface area (Å²) < 4.78 is 11.1. The predicted molar refractivity (Wildman–Crippen MR) is 128 cm³/mol. The van der Waals surface area contributed by atoms with Crippen LogP contribution in [-0.2, 0) is 4.74 Å². The molecular weight excluding hydrogens is 418 g/mol. The second kappa shape index (κ2) is 10.8. The van der Waals surface area contributed by atoms with Crippen LogP contribution in [0.1, 0.15) is 36.8 Å². The lowest BCUT2D eigenvalue weighted by Crippen LogP contribution is -2.13. The second-order valence-electron chi connectivity index (χ2n) is 8.03. The highest BCUT2D eigenvalue weighted by atomic mass is 16.5. The molecule has 0 bridgehead atoms. The van der Waals surface area contributed by atoms with Crippen molar-refractivity contribution in [2.45, 2.75) is 31.8 Å². The molecule has 1 aliphatic carbocycles. The average molecular weight is 448 g/mol. The van der Waals surface area contributed by atoms with Crippen LogP contribution in [-0.4, -0.2) is 59.1 Å². The van der Waals surface area contributed by atoms with Crippen molar-refractivity contribution in [1.82, 2.24) is 19.9 Å². The Bertz CT molecular complexity index is 1090. The first-order valence-corrected chi connectivity index (χ1v) is 11.1. The SMILES string of the molecule is COCCNc1ncc(-c2cc(NCC(C)c3cnccc3OC3CC3)ncn2)cc1C=N. The summed E-state index contributed by atoms with van der Waals surface area (Å²) in [5, 5.41) is 14.3. The highest BCUT2D eigenvalue weighted by Gasteiger charge is 2.25. The Hall–Kier alpha value is -3.59. The first-order valence-electron chi connectivity index (χ1n) is 11.1. The van der Waals surface area contributed by atoms with Gasteiger partial charge in [-0.05, 0) is 25.0 Å². The maximum atomic E-state index is 7.73. The number of nitrogens with one attached hydrogen (secondary N) is 3. The van der Waals surface area contributed by atoms with Gasteiger partial charge in [0.05, 0.1) is 18.4 Å². The van der Waals surface area contributed by atoms with E-state index >= 15 is 0 Å². The molecule has 1 saturated carbocycles. The zero-order chi connectivity index (χ0) is 23.0. The molecule has 3 N–H and O–H groups in total. The molecule has 0 aromatic carbocycles. The molecule has 0 spiro atoms. The quantitative estimate of drug-likeness (QED) is 0.284. The third-order valence-electron chi connectivity index (χ3n) is 5.38. The minimum absolute atomic E-state index is 0.189. The Balaban J connectivity index is 1.43. The number of hydrogen-bond donors (Lipinski definition) is 3. The molecule has 3 heterocycles. The van der Waals surface area contributed by atoms with Gasteiger partial charge < -0.3 is 25.5 Å². The number of hydrogen-bond acceptors (Lipinski definition) is 9.